The highest BCUT2D eigenvalue weighted by Crippen LogP contribution is 2.24. The third-order valence-electron chi connectivity index (χ3n) is 3.67. The number of rotatable bonds is 3. The minimum Gasteiger partial charge on any atom is -0.444 e. The lowest BCUT2D eigenvalue weighted by atomic mass is 9.94. The maximum absolute atomic E-state index is 12.3. The fourth-order valence-electron chi connectivity index (χ4n) is 2.64. The highest BCUT2D eigenvalue weighted by molar-refractivity contribution is 5.93. The normalized spacial score (nSPS) is 19.8. The highest BCUT2D eigenvalue weighted by atomic mass is 16.6. The van der Waals surface area contributed by atoms with E-state index in [9.17, 15) is 9.59 Å². The summed E-state index contributed by atoms with van der Waals surface area (Å²) in [6.45, 7) is 10.0. The van der Waals surface area contributed by atoms with Gasteiger partial charge in [0.15, 0.2) is 0 Å². The van der Waals surface area contributed by atoms with Crippen LogP contribution < -0.4 is 10.6 Å². The molecule has 1 aliphatic rings. The summed E-state index contributed by atoms with van der Waals surface area (Å²) in [6, 6.07) is 3.27. The summed E-state index contributed by atoms with van der Waals surface area (Å²) in [5, 5.41) is 5.57. The molecule has 7 heteroatoms. The summed E-state index contributed by atoms with van der Waals surface area (Å²) in [5.74, 6) is -0.230. The van der Waals surface area contributed by atoms with Crippen LogP contribution in [0.5, 0.6) is 0 Å². The Morgan fingerprint density at radius 2 is 2.04 bits per heavy atom. The van der Waals surface area contributed by atoms with Crippen LogP contribution in [0.3, 0.4) is 0 Å². The molecule has 1 saturated heterocycles. The molecule has 1 atom stereocenters. The van der Waals surface area contributed by atoms with Gasteiger partial charge in [0.2, 0.25) is 0 Å². The number of carbonyl (C=O) groups is 2. The lowest BCUT2D eigenvalue weighted by molar-refractivity contribution is -0.0615. The van der Waals surface area contributed by atoms with Gasteiger partial charge in [-0.1, -0.05) is 0 Å². The van der Waals surface area contributed by atoms with E-state index in [1.807, 2.05) is 13.8 Å². The van der Waals surface area contributed by atoms with Crippen LogP contribution in [-0.4, -0.2) is 40.8 Å². The first-order chi connectivity index (χ1) is 11.5. The standard InChI is InChI=1S/C18H27N3O4/c1-17(2,3)25-16(23)21-13-6-7-14(19-11-13)15(22)20-12-8-9-24-18(4,5)10-12/h6-7,11-12H,8-10H2,1-5H3,(H,20,22)(H,21,23)/t12-/m1/s1. The number of hydrogen-bond donors (Lipinski definition) is 2. The fraction of sp³-hybridized carbons (Fsp3) is 0.611. The van der Waals surface area contributed by atoms with Crippen molar-refractivity contribution < 1.29 is 19.1 Å². The molecular weight excluding hydrogens is 322 g/mol. The fourth-order valence-corrected chi connectivity index (χ4v) is 2.64. The molecule has 7 nitrogen and oxygen atoms in total. The third-order valence-corrected chi connectivity index (χ3v) is 3.67. The summed E-state index contributed by atoms with van der Waals surface area (Å²) < 4.78 is 10.8. The first-order valence-electron chi connectivity index (χ1n) is 8.45. The van der Waals surface area contributed by atoms with Crippen molar-refractivity contribution in [3.05, 3.63) is 24.0 Å². The van der Waals surface area contributed by atoms with E-state index in [1.54, 1.807) is 32.9 Å². The Balaban J connectivity index is 1.91. The van der Waals surface area contributed by atoms with Gasteiger partial charge < -0.3 is 14.8 Å². The van der Waals surface area contributed by atoms with E-state index in [4.69, 9.17) is 9.47 Å². The van der Waals surface area contributed by atoms with E-state index >= 15 is 0 Å². The number of aromatic nitrogens is 1. The SMILES string of the molecule is CC(C)(C)OC(=O)Nc1ccc(C(=O)N[C@@H]2CCOC(C)(C)C2)nc1. The largest absolute Gasteiger partial charge is 0.444 e. The predicted molar refractivity (Wildman–Crippen MR) is 94.6 cm³/mol. The van der Waals surface area contributed by atoms with Gasteiger partial charge in [0.25, 0.3) is 5.91 Å². The Kier molecular flexibility index (Phi) is 5.67. The summed E-state index contributed by atoms with van der Waals surface area (Å²) in [5.41, 5.74) is -0.0309. The Labute approximate surface area is 148 Å². The van der Waals surface area contributed by atoms with E-state index in [-0.39, 0.29) is 17.6 Å². The second kappa shape index (κ2) is 7.39. The number of amides is 2. The summed E-state index contributed by atoms with van der Waals surface area (Å²) >= 11 is 0. The van der Waals surface area contributed by atoms with E-state index in [2.05, 4.69) is 15.6 Å². The molecule has 1 fully saturated rings. The average molecular weight is 349 g/mol. The van der Waals surface area contributed by atoms with Crippen molar-refractivity contribution >= 4 is 17.7 Å². The molecule has 1 aromatic heterocycles. The van der Waals surface area contributed by atoms with Crippen molar-refractivity contribution in [3.63, 3.8) is 0 Å². The number of nitrogens with zero attached hydrogens (tertiary/aromatic N) is 1. The number of hydrogen-bond acceptors (Lipinski definition) is 5. The van der Waals surface area contributed by atoms with E-state index in [1.165, 1.54) is 6.20 Å². The summed E-state index contributed by atoms with van der Waals surface area (Å²) in [6.07, 6.45) is 2.42. The molecule has 2 heterocycles. The minimum atomic E-state index is -0.575. The number of ether oxygens (including phenoxy) is 2. The molecule has 0 radical (unpaired) electrons. The molecule has 1 aromatic rings. The van der Waals surface area contributed by atoms with Gasteiger partial charge in [-0.15, -0.1) is 0 Å². The zero-order valence-electron chi connectivity index (χ0n) is 15.5. The van der Waals surface area contributed by atoms with Crippen LogP contribution >= 0.6 is 0 Å². The highest BCUT2D eigenvalue weighted by Gasteiger charge is 2.30. The van der Waals surface area contributed by atoms with Gasteiger partial charge in [-0.05, 0) is 59.6 Å². The van der Waals surface area contributed by atoms with Crippen molar-refractivity contribution in [2.24, 2.45) is 0 Å². The van der Waals surface area contributed by atoms with Crippen molar-refractivity contribution in [2.45, 2.75) is 64.7 Å². The lowest BCUT2D eigenvalue weighted by Crippen LogP contribution is -2.45. The molecular formula is C18H27N3O4. The Morgan fingerprint density at radius 1 is 1.32 bits per heavy atom. The number of pyridine rings is 1. The monoisotopic (exact) mass is 349 g/mol. The predicted octanol–water partition coefficient (Wildman–Crippen LogP) is 3.12. The van der Waals surface area contributed by atoms with E-state index in [0.29, 0.717) is 18.0 Å². The Hall–Kier alpha value is -2.15. The molecule has 2 N–H and O–H groups in total. The van der Waals surface area contributed by atoms with Gasteiger partial charge in [0.05, 0.1) is 17.5 Å². The smallest absolute Gasteiger partial charge is 0.412 e. The van der Waals surface area contributed by atoms with E-state index in [0.717, 1.165) is 12.8 Å². The number of nitrogens with one attached hydrogen (secondary N) is 2. The van der Waals surface area contributed by atoms with Crippen LogP contribution in [0.25, 0.3) is 0 Å². The van der Waals surface area contributed by atoms with Crippen LogP contribution in [-0.2, 0) is 9.47 Å². The summed E-state index contributed by atoms with van der Waals surface area (Å²) in [4.78, 5) is 28.2. The van der Waals surface area contributed by atoms with E-state index < -0.39 is 11.7 Å². The molecule has 2 amide bonds. The van der Waals surface area contributed by atoms with Gasteiger partial charge in [0.1, 0.15) is 11.3 Å². The zero-order valence-corrected chi connectivity index (χ0v) is 15.5. The minimum absolute atomic E-state index is 0.0672. The van der Waals surface area contributed by atoms with Crippen molar-refractivity contribution in [1.29, 1.82) is 0 Å². The van der Waals surface area contributed by atoms with Crippen molar-refractivity contribution in [2.75, 3.05) is 11.9 Å². The molecule has 25 heavy (non-hydrogen) atoms. The maximum Gasteiger partial charge on any atom is 0.412 e. The van der Waals surface area contributed by atoms with Crippen LogP contribution in [0.4, 0.5) is 10.5 Å². The molecule has 1 aliphatic heterocycles. The van der Waals surface area contributed by atoms with Crippen LogP contribution in [0, 0.1) is 0 Å². The van der Waals surface area contributed by atoms with Gasteiger partial charge in [-0.25, -0.2) is 9.78 Å². The van der Waals surface area contributed by atoms with Crippen molar-refractivity contribution in [1.82, 2.24) is 10.3 Å². The first-order valence-corrected chi connectivity index (χ1v) is 8.45. The molecule has 138 valence electrons. The topological polar surface area (TPSA) is 89.5 Å². The quantitative estimate of drug-likeness (QED) is 0.875. The van der Waals surface area contributed by atoms with Crippen LogP contribution in [0.15, 0.2) is 18.3 Å². The van der Waals surface area contributed by atoms with Crippen molar-refractivity contribution in [3.8, 4) is 0 Å². The molecule has 0 bridgehead atoms. The molecule has 2 rings (SSSR count). The Bertz CT molecular complexity index is 620. The molecule has 0 unspecified atom stereocenters. The molecule has 0 aliphatic carbocycles. The first kappa shape index (κ1) is 19.2. The second-order valence-corrected chi connectivity index (χ2v) is 7.83. The third kappa shape index (κ3) is 6.34. The second-order valence-electron chi connectivity index (χ2n) is 7.83. The van der Waals surface area contributed by atoms with Gasteiger partial charge in [-0.2, -0.15) is 0 Å². The zero-order chi connectivity index (χ0) is 18.7. The van der Waals surface area contributed by atoms with Crippen LogP contribution in [0.1, 0.15) is 57.9 Å². The number of carbonyl (C=O) groups excluding carboxylic acids is 2. The Morgan fingerprint density at radius 3 is 2.60 bits per heavy atom. The average Bonchev–Trinajstić information content (AvgIpc) is 2.44. The molecule has 0 aromatic carbocycles. The maximum atomic E-state index is 12.3. The molecule has 0 spiro atoms. The van der Waals surface area contributed by atoms with Gasteiger partial charge >= 0.3 is 6.09 Å². The molecule has 0 saturated carbocycles. The van der Waals surface area contributed by atoms with Gasteiger partial charge in [0, 0.05) is 12.6 Å². The number of anilines is 1. The van der Waals surface area contributed by atoms with Gasteiger partial charge in [-0.3, -0.25) is 10.1 Å². The summed E-state index contributed by atoms with van der Waals surface area (Å²) in [7, 11) is 0. The lowest BCUT2D eigenvalue weighted by Gasteiger charge is -2.35. The van der Waals surface area contributed by atoms with Crippen LogP contribution in [0.2, 0.25) is 0 Å².